The number of carbonyl (C=O) groups excluding carboxylic acids is 2. The summed E-state index contributed by atoms with van der Waals surface area (Å²) in [5, 5.41) is 2.61. The van der Waals surface area contributed by atoms with Gasteiger partial charge in [-0.15, -0.1) is 0 Å². The Kier molecular flexibility index (Phi) is 7.59. The van der Waals surface area contributed by atoms with E-state index in [4.69, 9.17) is 9.47 Å². The summed E-state index contributed by atoms with van der Waals surface area (Å²) in [6.07, 6.45) is 3.24. The zero-order valence-electron chi connectivity index (χ0n) is 14.4. The predicted octanol–water partition coefficient (Wildman–Crippen LogP) is 3.50. The minimum Gasteiger partial charge on any atom is -0.497 e. The van der Waals surface area contributed by atoms with Crippen LogP contribution < -0.4 is 10.1 Å². The molecule has 128 valence electrons. The zero-order valence-corrected chi connectivity index (χ0v) is 14.4. The molecule has 0 spiro atoms. The first-order valence-electron chi connectivity index (χ1n) is 7.98. The van der Waals surface area contributed by atoms with Gasteiger partial charge in [0, 0.05) is 6.42 Å². The van der Waals surface area contributed by atoms with Gasteiger partial charge in [-0.3, -0.25) is 0 Å². The van der Waals surface area contributed by atoms with E-state index in [-0.39, 0.29) is 0 Å². The fourth-order valence-electron chi connectivity index (χ4n) is 2.34. The highest BCUT2D eigenvalue weighted by Crippen LogP contribution is 2.20. The Morgan fingerprint density at radius 3 is 2.74 bits per heavy atom. The summed E-state index contributed by atoms with van der Waals surface area (Å²) in [7, 11) is 1.62. The van der Waals surface area contributed by atoms with Gasteiger partial charge in [-0.1, -0.05) is 31.9 Å². The van der Waals surface area contributed by atoms with Crippen molar-refractivity contribution in [3.63, 3.8) is 0 Å². The van der Waals surface area contributed by atoms with Crippen molar-refractivity contribution < 1.29 is 19.1 Å². The van der Waals surface area contributed by atoms with Crippen LogP contribution in [0.15, 0.2) is 24.3 Å². The molecule has 1 aromatic carbocycles. The summed E-state index contributed by atoms with van der Waals surface area (Å²) >= 11 is 0. The number of unbranched alkanes of at least 4 members (excludes halogenated alkanes) is 1. The largest absolute Gasteiger partial charge is 0.497 e. The molecule has 0 saturated carbocycles. The summed E-state index contributed by atoms with van der Waals surface area (Å²) in [4.78, 5) is 23.0. The van der Waals surface area contributed by atoms with Crippen LogP contribution in [0, 0.1) is 0 Å². The second-order valence-corrected chi connectivity index (χ2v) is 6.21. The molecule has 1 aromatic rings. The summed E-state index contributed by atoms with van der Waals surface area (Å²) < 4.78 is 10.7. The van der Waals surface area contributed by atoms with Crippen LogP contribution in [0.4, 0.5) is 4.79 Å². The second-order valence-electron chi connectivity index (χ2n) is 6.21. The highest BCUT2D eigenvalue weighted by molar-refractivity contribution is 5.73. The summed E-state index contributed by atoms with van der Waals surface area (Å²) in [5.74, 6) is 0.767. The van der Waals surface area contributed by atoms with Gasteiger partial charge in [0.25, 0.3) is 0 Å². The van der Waals surface area contributed by atoms with E-state index in [0.717, 1.165) is 30.4 Å². The van der Waals surface area contributed by atoms with Gasteiger partial charge in [-0.05, 0) is 38.0 Å². The average Bonchev–Trinajstić information content (AvgIpc) is 2.50. The molecule has 0 aliphatic rings. The number of carbonyl (C=O) groups is 2. The van der Waals surface area contributed by atoms with E-state index in [1.54, 1.807) is 7.11 Å². The Balaban J connectivity index is 2.58. The van der Waals surface area contributed by atoms with E-state index in [9.17, 15) is 9.59 Å². The van der Waals surface area contributed by atoms with Crippen molar-refractivity contribution in [1.82, 2.24) is 5.32 Å². The number of methoxy groups -OCH3 is 1. The fraction of sp³-hybridized carbons (Fsp3) is 0.556. The Morgan fingerprint density at radius 2 is 2.13 bits per heavy atom. The summed E-state index contributed by atoms with van der Waals surface area (Å²) in [6.45, 7) is 5.72. The molecule has 5 nitrogen and oxygen atoms in total. The lowest BCUT2D eigenvalue weighted by Gasteiger charge is -2.26. The first-order chi connectivity index (χ1) is 10.9. The molecule has 23 heavy (non-hydrogen) atoms. The van der Waals surface area contributed by atoms with Crippen LogP contribution in [-0.2, 0) is 16.0 Å². The van der Waals surface area contributed by atoms with Crippen LogP contribution in [0.5, 0.6) is 5.75 Å². The van der Waals surface area contributed by atoms with Crippen molar-refractivity contribution in [2.24, 2.45) is 0 Å². The molecule has 1 amide bonds. The van der Waals surface area contributed by atoms with Gasteiger partial charge < -0.3 is 19.6 Å². The number of rotatable bonds is 9. The number of hydrogen-bond acceptors (Lipinski definition) is 4. The number of amides is 1. The second kappa shape index (κ2) is 9.18. The Bertz CT molecular complexity index is 513. The third kappa shape index (κ3) is 7.17. The molecule has 0 heterocycles. The van der Waals surface area contributed by atoms with Crippen molar-refractivity contribution in [2.75, 3.05) is 7.11 Å². The molecule has 0 bridgehead atoms. The Morgan fingerprint density at radius 1 is 1.39 bits per heavy atom. The van der Waals surface area contributed by atoms with E-state index in [2.05, 4.69) is 5.32 Å². The van der Waals surface area contributed by atoms with E-state index in [1.165, 1.54) is 0 Å². The maximum Gasteiger partial charge on any atom is 0.408 e. The van der Waals surface area contributed by atoms with Gasteiger partial charge in [-0.25, -0.2) is 4.79 Å². The molecule has 5 heteroatoms. The lowest BCUT2D eigenvalue weighted by atomic mass is 9.98. The van der Waals surface area contributed by atoms with Crippen molar-refractivity contribution in [3.05, 3.63) is 29.8 Å². The standard InChI is InChI=1S/C18H27NO4/c1-5-6-9-15(13-20)19-17(21)23-18(2,3)12-14-8-7-10-16(11-14)22-4/h7-8,10-11,13,15H,5-6,9,12H2,1-4H3,(H,19,21)/t15-/m0/s1. The number of nitrogens with one attached hydrogen (secondary N) is 1. The van der Waals surface area contributed by atoms with Crippen LogP contribution in [0.2, 0.25) is 0 Å². The van der Waals surface area contributed by atoms with Crippen LogP contribution >= 0.6 is 0 Å². The highest BCUT2D eigenvalue weighted by Gasteiger charge is 2.25. The van der Waals surface area contributed by atoms with Gasteiger partial charge in [0.15, 0.2) is 0 Å². The van der Waals surface area contributed by atoms with E-state index < -0.39 is 17.7 Å². The quantitative estimate of drug-likeness (QED) is 0.707. The molecule has 0 saturated heterocycles. The molecule has 1 N–H and O–H groups in total. The van der Waals surface area contributed by atoms with Crippen molar-refractivity contribution in [1.29, 1.82) is 0 Å². The Hall–Kier alpha value is -2.04. The zero-order chi connectivity index (χ0) is 17.3. The summed E-state index contributed by atoms with van der Waals surface area (Å²) in [5.41, 5.74) is 0.328. The van der Waals surface area contributed by atoms with Crippen LogP contribution in [0.3, 0.4) is 0 Å². The number of hydrogen-bond donors (Lipinski definition) is 1. The number of alkyl carbamates (subject to hydrolysis) is 1. The SMILES string of the molecule is CCCC[C@@H](C=O)NC(=O)OC(C)(C)Cc1cccc(OC)c1. The number of benzene rings is 1. The lowest BCUT2D eigenvalue weighted by Crippen LogP contribution is -2.41. The van der Waals surface area contributed by atoms with Gasteiger partial charge in [0.05, 0.1) is 13.2 Å². The molecule has 0 aromatic heterocycles. The number of ether oxygens (including phenoxy) is 2. The molecular weight excluding hydrogens is 294 g/mol. The summed E-state index contributed by atoms with van der Waals surface area (Å²) in [6, 6.07) is 7.15. The van der Waals surface area contributed by atoms with Crippen molar-refractivity contribution in [3.8, 4) is 5.75 Å². The third-order valence-electron chi connectivity index (χ3n) is 3.47. The van der Waals surface area contributed by atoms with Crippen LogP contribution in [-0.4, -0.2) is 31.1 Å². The first-order valence-corrected chi connectivity index (χ1v) is 7.98. The monoisotopic (exact) mass is 321 g/mol. The number of aldehydes is 1. The molecule has 0 radical (unpaired) electrons. The molecule has 0 aliphatic carbocycles. The van der Waals surface area contributed by atoms with Crippen LogP contribution in [0.25, 0.3) is 0 Å². The van der Waals surface area contributed by atoms with Gasteiger partial charge >= 0.3 is 6.09 Å². The topological polar surface area (TPSA) is 64.6 Å². The van der Waals surface area contributed by atoms with Gasteiger partial charge in [0.2, 0.25) is 0 Å². The third-order valence-corrected chi connectivity index (χ3v) is 3.47. The molecule has 0 fully saturated rings. The molecule has 0 unspecified atom stereocenters. The molecule has 1 atom stereocenters. The minimum atomic E-state index is -0.686. The molecule has 0 aliphatic heterocycles. The van der Waals surface area contributed by atoms with Crippen LogP contribution in [0.1, 0.15) is 45.6 Å². The normalized spacial score (nSPS) is 12.3. The lowest BCUT2D eigenvalue weighted by molar-refractivity contribution is -0.109. The fourth-order valence-corrected chi connectivity index (χ4v) is 2.34. The van der Waals surface area contributed by atoms with E-state index >= 15 is 0 Å². The first kappa shape index (κ1) is 19.0. The maximum atomic E-state index is 12.0. The Labute approximate surface area is 138 Å². The minimum absolute atomic E-state index is 0.491. The van der Waals surface area contributed by atoms with Gasteiger partial charge in [-0.2, -0.15) is 0 Å². The smallest absolute Gasteiger partial charge is 0.408 e. The van der Waals surface area contributed by atoms with Gasteiger partial charge in [0.1, 0.15) is 17.6 Å². The predicted molar refractivity (Wildman–Crippen MR) is 89.8 cm³/mol. The van der Waals surface area contributed by atoms with Crippen molar-refractivity contribution in [2.45, 2.75) is 58.1 Å². The maximum absolute atomic E-state index is 12.0. The van der Waals surface area contributed by atoms with E-state index in [0.29, 0.717) is 12.8 Å². The molecule has 1 rings (SSSR count). The highest BCUT2D eigenvalue weighted by atomic mass is 16.6. The van der Waals surface area contributed by atoms with Crippen molar-refractivity contribution >= 4 is 12.4 Å². The molecular formula is C18H27NO4. The average molecular weight is 321 g/mol. The van der Waals surface area contributed by atoms with E-state index in [1.807, 2.05) is 45.0 Å².